The van der Waals surface area contributed by atoms with E-state index >= 15 is 4.39 Å². The van der Waals surface area contributed by atoms with E-state index in [9.17, 15) is 17.6 Å². The second-order valence-electron chi connectivity index (χ2n) is 9.58. The highest BCUT2D eigenvalue weighted by Crippen LogP contribution is 2.40. The standard InChI is InChI=1S/C26H24F5N3/c1-26(2,3)18-11-16-14(10-19(18)27)9-17-23(25(33)34-24(17)32)22(16)15-5-12(7-20(28)29)4-13(6-15)8-21(30)31/h4-6,9-11,20-21H,7-8H2,1-3H3,(H3,32,33,34). The summed E-state index contributed by atoms with van der Waals surface area (Å²) in [5.74, 6) is -0.531. The van der Waals surface area contributed by atoms with Crippen molar-refractivity contribution in [1.82, 2.24) is 5.32 Å². The summed E-state index contributed by atoms with van der Waals surface area (Å²) < 4.78 is 67.8. The van der Waals surface area contributed by atoms with Crippen LogP contribution in [0.5, 0.6) is 0 Å². The van der Waals surface area contributed by atoms with Crippen LogP contribution >= 0.6 is 0 Å². The van der Waals surface area contributed by atoms with Crippen LogP contribution in [0.25, 0.3) is 21.9 Å². The van der Waals surface area contributed by atoms with E-state index in [2.05, 4.69) is 5.32 Å². The molecule has 3 nitrogen and oxygen atoms in total. The molecule has 0 atom stereocenters. The topological polar surface area (TPSA) is 59.7 Å². The van der Waals surface area contributed by atoms with Crippen LogP contribution in [-0.4, -0.2) is 24.5 Å². The van der Waals surface area contributed by atoms with Gasteiger partial charge in [-0.05, 0) is 56.6 Å². The van der Waals surface area contributed by atoms with Crippen molar-refractivity contribution in [1.29, 1.82) is 10.8 Å². The Bertz CT molecular complexity index is 1290. The SMILES string of the molecule is CC(C)(C)c1cc2c(-c3cc(CC(F)F)cc(CC(F)F)c3)c3c(cc2cc1F)C(=N)NC3=N. The van der Waals surface area contributed by atoms with Crippen molar-refractivity contribution in [3.63, 3.8) is 0 Å². The molecule has 0 spiro atoms. The molecule has 0 bridgehead atoms. The van der Waals surface area contributed by atoms with E-state index in [1.807, 2.05) is 20.8 Å². The zero-order chi connectivity index (χ0) is 24.9. The zero-order valence-corrected chi connectivity index (χ0v) is 18.9. The van der Waals surface area contributed by atoms with E-state index in [1.165, 1.54) is 24.3 Å². The quantitative estimate of drug-likeness (QED) is 0.350. The first-order chi connectivity index (χ1) is 15.8. The smallest absolute Gasteiger partial charge is 0.242 e. The second-order valence-corrected chi connectivity index (χ2v) is 9.58. The third-order valence-electron chi connectivity index (χ3n) is 5.93. The minimum absolute atomic E-state index is 0.0417. The molecule has 3 aromatic rings. The monoisotopic (exact) mass is 473 g/mol. The molecule has 0 fully saturated rings. The van der Waals surface area contributed by atoms with Gasteiger partial charge in [-0.1, -0.05) is 39.0 Å². The predicted molar refractivity (Wildman–Crippen MR) is 124 cm³/mol. The number of nitrogens with one attached hydrogen (secondary N) is 3. The lowest BCUT2D eigenvalue weighted by Crippen LogP contribution is -2.20. The Morgan fingerprint density at radius 3 is 1.91 bits per heavy atom. The number of hydrogen-bond acceptors (Lipinski definition) is 2. The summed E-state index contributed by atoms with van der Waals surface area (Å²) in [6, 6.07) is 9.00. The van der Waals surface area contributed by atoms with Gasteiger partial charge in [0.05, 0.1) is 0 Å². The average molecular weight is 473 g/mol. The molecule has 1 aliphatic heterocycles. The van der Waals surface area contributed by atoms with Gasteiger partial charge >= 0.3 is 0 Å². The molecule has 0 saturated heterocycles. The fourth-order valence-corrected chi connectivity index (χ4v) is 4.51. The van der Waals surface area contributed by atoms with E-state index in [1.54, 1.807) is 12.1 Å². The largest absolute Gasteiger partial charge is 0.325 e. The Labute approximate surface area is 194 Å². The molecule has 1 aliphatic rings. The van der Waals surface area contributed by atoms with Gasteiger partial charge in [-0.15, -0.1) is 0 Å². The Balaban J connectivity index is 2.11. The minimum Gasteiger partial charge on any atom is -0.325 e. The van der Waals surface area contributed by atoms with Crippen molar-refractivity contribution < 1.29 is 22.0 Å². The molecule has 0 amide bonds. The molecule has 0 aliphatic carbocycles. The molecule has 4 rings (SSSR count). The van der Waals surface area contributed by atoms with Crippen LogP contribution in [0.3, 0.4) is 0 Å². The highest BCUT2D eigenvalue weighted by atomic mass is 19.3. The van der Waals surface area contributed by atoms with Crippen molar-refractivity contribution >= 4 is 22.4 Å². The Hall–Kier alpha value is -3.29. The summed E-state index contributed by atoms with van der Waals surface area (Å²) in [7, 11) is 0. The van der Waals surface area contributed by atoms with Crippen LogP contribution in [0, 0.1) is 16.6 Å². The van der Waals surface area contributed by atoms with Crippen LogP contribution in [0.2, 0.25) is 0 Å². The molecule has 8 heteroatoms. The highest BCUT2D eigenvalue weighted by molar-refractivity contribution is 6.28. The molecule has 34 heavy (non-hydrogen) atoms. The predicted octanol–water partition coefficient (Wildman–Crippen LogP) is 6.81. The molecule has 1 heterocycles. The number of benzene rings is 3. The lowest BCUT2D eigenvalue weighted by Gasteiger charge is -2.22. The van der Waals surface area contributed by atoms with Crippen LogP contribution in [0.15, 0.2) is 36.4 Å². The molecule has 3 N–H and O–H groups in total. The first-order valence-corrected chi connectivity index (χ1v) is 10.8. The van der Waals surface area contributed by atoms with Crippen molar-refractivity contribution in [2.45, 2.75) is 51.9 Å². The van der Waals surface area contributed by atoms with E-state index in [-0.39, 0.29) is 22.8 Å². The van der Waals surface area contributed by atoms with E-state index in [4.69, 9.17) is 10.8 Å². The van der Waals surface area contributed by atoms with Crippen LogP contribution in [-0.2, 0) is 18.3 Å². The summed E-state index contributed by atoms with van der Waals surface area (Å²) in [6.45, 7) is 5.56. The van der Waals surface area contributed by atoms with E-state index in [0.717, 1.165) is 0 Å². The fraction of sp³-hybridized carbons (Fsp3) is 0.308. The summed E-state index contributed by atoms with van der Waals surface area (Å²) >= 11 is 0. The molecular formula is C26H24F5N3. The van der Waals surface area contributed by atoms with Gasteiger partial charge in [0.25, 0.3) is 0 Å². The second kappa shape index (κ2) is 8.49. The number of fused-ring (bicyclic) bond motifs is 2. The Kier molecular flexibility index (Phi) is 5.96. The molecule has 178 valence electrons. The van der Waals surface area contributed by atoms with Crippen LogP contribution < -0.4 is 5.32 Å². The van der Waals surface area contributed by atoms with Gasteiger partial charge in [-0.25, -0.2) is 22.0 Å². The number of rotatable bonds is 5. The fourth-order valence-electron chi connectivity index (χ4n) is 4.51. The van der Waals surface area contributed by atoms with Gasteiger partial charge in [0.1, 0.15) is 17.5 Å². The van der Waals surface area contributed by atoms with E-state index < -0.39 is 36.9 Å². The van der Waals surface area contributed by atoms with Gasteiger partial charge in [0.2, 0.25) is 12.9 Å². The average Bonchev–Trinajstić information content (AvgIpc) is 2.97. The van der Waals surface area contributed by atoms with Crippen molar-refractivity contribution in [3.8, 4) is 11.1 Å². The maximum absolute atomic E-state index is 15.0. The summed E-state index contributed by atoms with van der Waals surface area (Å²) in [4.78, 5) is 0. The maximum atomic E-state index is 15.0. The van der Waals surface area contributed by atoms with Gasteiger partial charge in [-0.3, -0.25) is 10.8 Å². The van der Waals surface area contributed by atoms with Crippen molar-refractivity contribution in [3.05, 3.63) is 70.0 Å². The number of hydrogen-bond donors (Lipinski definition) is 3. The lowest BCUT2D eigenvalue weighted by molar-refractivity contribution is 0.148. The van der Waals surface area contributed by atoms with Gasteiger partial charge in [-0.2, -0.15) is 0 Å². The van der Waals surface area contributed by atoms with Crippen molar-refractivity contribution in [2.75, 3.05) is 0 Å². The third kappa shape index (κ3) is 4.41. The van der Waals surface area contributed by atoms with Gasteiger partial charge < -0.3 is 5.32 Å². The normalized spacial score (nSPS) is 13.8. The van der Waals surface area contributed by atoms with Crippen LogP contribution in [0.1, 0.15) is 48.6 Å². The first-order valence-electron chi connectivity index (χ1n) is 10.8. The summed E-state index contributed by atoms with van der Waals surface area (Å²) in [5, 5.41) is 20.3. The van der Waals surface area contributed by atoms with E-state index in [0.29, 0.717) is 38.6 Å². The Morgan fingerprint density at radius 1 is 0.794 bits per heavy atom. The zero-order valence-electron chi connectivity index (χ0n) is 18.9. The molecule has 3 aromatic carbocycles. The van der Waals surface area contributed by atoms with Crippen LogP contribution in [0.4, 0.5) is 22.0 Å². The van der Waals surface area contributed by atoms with Gasteiger partial charge in [0.15, 0.2) is 0 Å². The minimum atomic E-state index is -2.66. The number of amidine groups is 2. The molecule has 0 radical (unpaired) electrons. The highest BCUT2D eigenvalue weighted by Gasteiger charge is 2.29. The molecular weight excluding hydrogens is 449 g/mol. The summed E-state index contributed by atoms with van der Waals surface area (Å²) in [5.41, 5.74) is 1.80. The maximum Gasteiger partial charge on any atom is 0.242 e. The first kappa shape index (κ1) is 23.9. The van der Waals surface area contributed by atoms with Crippen molar-refractivity contribution in [2.24, 2.45) is 0 Å². The molecule has 0 aromatic heterocycles. The Morgan fingerprint density at radius 2 is 1.38 bits per heavy atom. The number of halogens is 5. The third-order valence-corrected chi connectivity index (χ3v) is 5.93. The lowest BCUT2D eigenvalue weighted by atomic mass is 9.82. The summed E-state index contributed by atoms with van der Waals surface area (Å²) in [6.07, 6.45) is -6.54. The number of alkyl halides is 4. The molecule has 0 unspecified atom stereocenters. The molecule has 0 saturated carbocycles. The van der Waals surface area contributed by atoms with Gasteiger partial charge in [0, 0.05) is 29.5 Å².